The Morgan fingerprint density at radius 1 is 1.58 bits per heavy atom. The molecule has 1 aliphatic rings. The molecule has 0 aromatic carbocycles. The molecule has 0 aromatic heterocycles. The van der Waals surface area contributed by atoms with E-state index in [0.717, 1.165) is 11.9 Å². The highest BCUT2D eigenvalue weighted by atomic mass is 16.4. The van der Waals surface area contributed by atoms with E-state index in [0.29, 0.717) is 11.9 Å². The predicted molar refractivity (Wildman–Crippen MR) is 46.2 cm³/mol. The van der Waals surface area contributed by atoms with Gasteiger partial charge in [0.2, 0.25) is 0 Å². The molecule has 0 saturated carbocycles. The molecule has 0 bridgehead atoms. The average Bonchev–Trinajstić information content (AvgIpc) is 2.28. The number of aldehydes is 1. The maximum Gasteiger partial charge on any atom is 0.484 e. The third kappa shape index (κ3) is 1.45. The van der Waals surface area contributed by atoms with Gasteiger partial charge in [0.15, 0.2) is 0 Å². The summed E-state index contributed by atoms with van der Waals surface area (Å²) in [7, 11) is -1.47. The fourth-order valence-electron chi connectivity index (χ4n) is 1.79. The first kappa shape index (κ1) is 9.48. The monoisotopic (exact) mass is 168 g/mol. The van der Waals surface area contributed by atoms with Gasteiger partial charge in [0, 0.05) is 5.92 Å². The van der Waals surface area contributed by atoms with Crippen LogP contribution in [0.5, 0.6) is 0 Å². The van der Waals surface area contributed by atoms with E-state index < -0.39 is 7.12 Å². The minimum atomic E-state index is -1.47. The minimum absolute atomic E-state index is 0.289. The van der Waals surface area contributed by atoms with Crippen LogP contribution < -0.4 is 0 Å². The van der Waals surface area contributed by atoms with Crippen molar-refractivity contribution in [2.24, 2.45) is 11.8 Å². The molecule has 0 saturated heterocycles. The van der Waals surface area contributed by atoms with Crippen LogP contribution in [0.25, 0.3) is 0 Å². The van der Waals surface area contributed by atoms with Crippen molar-refractivity contribution in [3.05, 3.63) is 11.0 Å². The van der Waals surface area contributed by atoms with Crippen molar-refractivity contribution in [3.63, 3.8) is 0 Å². The maximum atomic E-state index is 10.6. The summed E-state index contributed by atoms with van der Waals surface area (Å²) < 4.78 is 0. The standard InChI is InChI=1S/C8H13BO3/c1-5-3-7(4-10)8(6(5)2)9(11)12/h4-5,7,11-12H,3H2,1-2H3. The molecular formula is C8H13BO3. The Labute approximate surface area is 72.2 Å². The topological polar surface area (TPSA) is 57.5 Å². The summed E-state index contributed by atoms with van der Waals surface area (Å²) >= 11 is 0. The fraction of sp³-hybridized carbons (Fsp3) is 0.625. The van der Waals surface area contributed by atoms with E-state index in [4.69, 9.17) is 10.0 Å². The van der Waals surface area contributed by atoms with Crippen LogP contribution in [0.15, 0.2) is 11.0 Å². The Balaban J connectivity index is 2.94. The maximum absolute atomic E-state index is 10.6. The summed E-state index contributed by atoms with van der Waals surface area (Å²) in [5.41, 5.74) is 1.44. The van der Waals surface area contributed by atoms with E-state index in [1.165, 1.54) is 0 Å². The van der Waals surface area contributed by atoms with Gasteiger partial charge in [-0.2, -0.15) is 0 Å². The van der Waals surface area contributed by atoms with E-state index in [-0.39, 0.29) is 11.8 Å². The molecule has 2 N–H and O–H groups in total. The second-order valence-corrected chi connectivity index (χ2v) is 3.39. The molecule has 0 aliphatic heterocycles. The van der Waals surface area contributed by atoms with Crippen LogP contribution in [0.2, 0.25) is 0 Å². The lowest BCUT2D eigenvalue weighted by Gasteiger charge is -2.06. The number of carbonyl (C=O) groups excluding carboxylic acids is 1. The van der Waals surface area contributed by atoms with Crippen LogP contribution in [0.4, 0.5) is 0 Å². The molecule has 12 heavy (non-hydrogen) atoms. The van der Waals surface area contributed by atoms with Gasteiger partial charge in [0.1, 0.15) is 6.29 Å². The van der Waals surface area contributed by atoms with Crippen molar-refractivity contribution >= 4 is 13.4 Å². The third-order valence-corrected chi connectivity index (χ3v) is 2.64. The zero-order chi connectivity index (χ0) is 9.30. The molecule has 0 heterocycles. The molecule has 0 radical (unpaired) electrons. The number of rotatable bonds is 2. The number of allylic oxidation sites excluding steroid dienone is 2. The van der Waals surface area contributed by atoms with Crippen molar-refractivity contribution in [1.82, 2.24) is 0 Å². The molecule has 2 atom stereocenters. The van der Waals surface area contributed by atoms with Crippen molar-refractivity contribution in [2.45, 2.75) is 20.3 Å². The van der Waals surface area contributed by atoms with Crippen LogP contribution >= 0.6 is 0 Å². The zero-order valence-electron chi connectivity index (χ0n) is 7.32. The van der Waals surface area contributed by atoms with Gasteiger partial charge in [-0.3, -0.25) is 0 Å². The van der Waals surface area contributed by atoms with E-state index in [1.807, 2.05) is 13.8 Å². The molecule has 0 amide bonds. The first-order valence-corrected chi connectivity index (χ1v) is 4.10. The molecule has 1 aliphatic carbocycles. The first-order valence-electron chi connectivity index (χ1n) is 4.10. The van der Waals surface area contributed by atoms with Crippen molar-refractivity contribution < 1.29 is 14.8 Å². The van der Waals surface area contributed by atoms with Crippen LogP contribution in [0.3, 0.4) is 0 Å². The quantitative estimate of drug-likeness (QED) is 0.456. The van der Waals surface area contributed by atoms with Crippen molar-refractivity contribution in [1.29, 1.82) is 0 Å². The average molecular weight is 168 g/mol. The SMILES string of the molecule is CC1=C(B(O)O)C(C=O)CC1C. The Morgan fingerprint density at radius 3 is 2.50 bits per heavy atom. The largest absolute Gasteiger partial charge is 0.484 e. The second-order valence-electron chi connectivity index (χ2n) is 3.39. The molecule has 1 rings (SSSR count). The fourth-order valence-corrected chi connectivity index (χ4v) is 1.79. The zero-order valence-corrected chi connectivity index (χ0v) is 7.32. The van der Waals surface area contributed by atoms with Gasteiger partial charge < -0.3 is 14.8 Å². The third-order valence-electron chi connectivity index (χ3n) is 2.64. The summed E-state index contributed by atoms with van der Waals surface area (Å²) in [6.07, 6.45) is 1.50. The lowest BCUT2D eigenvalue weighted by molar-refractivity contribution is -0.110. The van der Waals surface area contributed by atoms with Gasteiger partial charge in [0.25, 0.3) is 0 Å². The van der Waals surface area contributed by atoms with Crippen LogP contribution in [0.1, 0.15) is 20.3 Å². The Morgan fingerprint density at radius 2 is 2.17 bits per heavy atom. The van der Waals surface area contributed by atoms with Crippen LogP contribution in [0, 0.1) is 11.8 Å². The highest BCUT2D eigenvalue weighted by molar-refractivity contribution is 6.51. The molecule has 3 nitrogen and oxygen atoms in total. The molecule has 0 spiro atoms. The Hall–Kier alpha value is -0.605. The van der Waals surface area contributed by atoms with Gasteiger partial charge in [-0.25, -0.2) is 0 Å². The van der Waals surface area contributed by atoms with E-state index in [2.05, 4.69) is 0 Å². The summed E-state index contributed by atoms with van der Waals surface area (Å²) in [4.78, 5) is 10.6. The van der Waals surface area contributed by atoms with Gasteiger partial charge in [-0.15, -0.1) is 0 Å². The number of hydrogen-bond donors (Lipinski definition) is 2. The van der Waals surface area contributed by atoms with Crippen LogP contribution in [-0.2, 0) is 4.79 Å². The molecule has 4 heteroatoms. The summed E-state index contributed by atoms with van der Waals surface area (Å²) in [6.45, 7) is 3.84. The van der Waals surface area contributed by atoms with Gasteiger partial charge in [0.05, 0.1) is 0 Å². The highest BCUT2D eigenvalue weighted by Gasteiger charge is 2.34. The molecular weight excluding hydrogens is 155 g/mol. The summed E-state index contributed by atoms with van der Waals surface area (Å²) in [5.74, 6) is -0.00278. The molecule has 0 aromatic rings. The number of carbonyl (C=O) groups is 1. The normalized spacial score (nSPS) is 29.3. The highest BCUT2D eigenvalue weighted by Crippen LogP contribution is 2.35. The molecule has 66 valence electrons. The van der Waals surface area contributed by atoms with E-state index >= 15 is 0 Å². The van der Waals surface area contributed by atoms with Crippen molar-refractivity contribution in [3.8, 4) is 0 Å². The molecule has 0 fully saturated rings. The lowest BCUT2D eigenvalue weighted by Crippen LogP contribution is -2.21. The molecule has 2 unspecified atom stereocenters. The van der Waals surface area contributed by atoms with Crippen LogP contribution in [-0.4, -0.2) is 23.5 Å². The van der Waals surface area contributed by atoms with Crippen molar-refractivity contribution in [2.75, 3.05) is 0 Å². The van der Waals surface area contributed by atoms with Gasteiger partial charge >= 0.3 is 7.12 Å². The van der Waals surface area contributed by atoms with Gasteiger partial charge in [-0.05, 0) is 24.7 Å². The predicted octanol–water partition coefficient (Wildman–Crippen LogP) is 0.170. The van der Waals surface area contributed by atoms with Gasteiger partial charge in [-0.1, -0.05) is 12.5 Å². The van der Waals surface area contributed by atoms with E-state index in [1.54, 1.807) is 0 Å². The second kappa shape index (κ2) is 3.41. The van der Waals surface area contributed by atoms with E-state index in [9.17, 15) is 4.79 Å². The Kier molecular flexibility index (Phi) is 2.70. The lowest BCUT2D eigenvalue weighted by atomic mass is 9.72. The Bertz CT molecular complexity index is 222. The summed E-state index contributed by atoms with van der Waals surface area (Å²) in [5, 5.41) is 18.0. The first-order chi connectivity index (χ1) is 5.57. The minimum Gasteiger partial charge on any atom is -0.423 e. The smallest absolute Gasteiger partial charge is 0.423 e. The number of hydrogen-bond acceptors (Lipinski definition) is 3. The summed E-state index contributed by atoms with van der Waals surface area (Å²) in [6, 6.07) is 0.